The van der Waals surface area contributed by atoms with Crippen LogP contribution in [-0.2, 0) is 0 Å². The van der Waals surface area contributed by atoms with Crippen LogP contribution in [0, 0.1) is 5.92 Å². The van der Waals surface area contributed by atoms with Gasteiger partial charge in [0.25, 0.3) is 0 Å². The summed E-state index contributed by atoms with van der Waals surface area (Å²) in [5.74, 6) is 1.43. The standard InChI is InChI=1S/C14H22N2S/c1-2-12(13-9-6-10-17-13)16-14(15)11-7-4-3-5-8-11/h6,9-12H,2-5,7-8H2,1H3,(H2,15,16). The molecule has 0 amide bonds. The Bertz CT molecular complexity index is 350. The number of hydrogen-bond acceptors (Lipinski definition) is 2. The SMILES string of the molecule is CCC(N=C(N)C1CCCCC1)c1cccs1. The van der Waals surface area contributed by atoms with Crippen molar-refractivity contribution in [3.63, 3.8) is 0 Å². The van der Waals surface area contributed by atoms with E-state index in [2.05, 4.69) is 24.4 Å². The Hall–Kier alpha value is -0.830. The maximum absolute atomic E-state index is 6.19. The first-order valence-electron chi connectivity index (χ1n) is 6.67. The lowest BCUT2D eigenvalue weighted by Gasteiger charge is -2.22. The number of nitrogens with two attached hydrogens (primary N) is 1. The molecule has 1 heterocycles. The quantitative estimate of drug-likeness (QED) is 0.633. The Morgan fingerprint density at radius 1 is 1.47 bits per heavy atom. The fourth-order valence-electron chi connectivity index (χ4n) is 2.52. The normalized spacial score (nSPS) is 20.4. The van der Waals surface area contributed by atoms with Gasteiger partial charge in [0, 0.05) is 10.8 Å². The number of nitrogens with zero attached hydrogens (tertiary/aromatic N) is 1. The van der Waals surface area contributed by atoms with Crippen molar-refractivity contribution in [1.29, 1.82) is 0 Å². The molecule has 1 aromatic heterocycles. The zero-order chi connectivity index (χ0) is 12.1. The molecule has 1 fully saturated rings. The average Bonchev–Trinajstić information content (AvgIpc) is 2.90. The van der Waals surface area contributed by atoms with Crippen LogP contribution in [0.25, 0.3) is 0 Å². The van der Waals surface area contributed by atoms with Gasteiger partial charge in [-0.1, -0.05) is 32.3 Å². The lowest BCUT2D eigenvalue weighted by Crippen LogP contribution is -2.26. The summed E-state index contributed by atoms with van der Waals surface area (Å²) in [6.45, 7) is 2.18. The van der Waals surface area contributed by atoms with E-state index < -0.39 is 0 Å². The van der Waals surface area contributed by atoms with E-state index in [1.54, 1.807) is 11.3 Å². The van der Waals surface area contributed by atoms with Crippen molar-refractivity contribution < 1.29 is 0 Å². The summed E-state index contributed by atoms with van der Waals surface area (Å²) in [5.41, 5.74) is 6.19. The van der Waals surface area contributed by atoms with Crippen LogP contribution in [0.4, 0.5) is 0 Å². The first kappa shape index (κ1) is 12.6. The van der Waals surface area contributed by atoms with Crippen LogP contribution in [0.5, 0.6) is 0 Å². The Kier molecular flexibility index (Phi) is 4.60. The maximum atomic E-state index is 6.19. The minimum atomic E-state index is 0.275. The number of thiophene rings is 1. The molecule has 17 heavy (non-hydrogen) atoms. The van der Waals surface area contributed by atoms with E-state index in [0.29, 0.717) is 5.92 Å². The van der Waals surface area contributed by atoms with Gasteiger partial charge in [0.15, 0.2) is 0 Å². The first-order chi connectivity index (χ1) is 8.31. The maximum Gasteiger partial charge on any atom is 0.0976 e. The molecule has 1 unspecified atom stereocenters. The molecule has 2 N–H and O–H groups in total. The highest BCUT2D eigenvalue weighted by Crippen LogP contribution is 2.28. The molecule has 1 atom stereocenters. The number of aliphatic imine (C=N–C) groups is 1. The van der Waals surface area contributed by atoms with Gasteiger partial charge in [0.05, 0.1) is 11.9 Å². The van der Waals surface area contributed by atoms with E-state index in [-0.39, 0.29) is 6.04 Å². The van der Waals surface area contributed by atoms with Crippen LogP contribution in [0.2, 0.25) is 0 Å². The molecule has 1 saturated carbocycles. The molecule has 0 saturated heterocycles. The molecule has 1 aromatic rings. The second kappa shape index (κ2) is 6.20. The van der Waals surface area contributed by atoms with Crippen LogP contribution in [-0.4, -0.2) is 5.84 Å². The molecular weight excluding hydrogens is 228 g/mol. The van der Waals surface area contributed by atoms with Gasteiger partial charge in [0.1, 0.15) is 0 Å². The summed E-state index contributed by atoms with van der Waals surface area (Å²) in [5, 5.41) is 2.12. The predicted octanol–water partition coefficient (Wildman–Crippen LogP) is 4.14. The van der Waals surface area contributed by atoms with E-state index in [4.69, 9.17) is 10.7 Å². The monoisotopic (exact) mass is 250 g/mol. The zero-order valence-electron chi connectivity index (χ0n) is 10.6. The van der Waals surface area contributed by atoms with E-state index in [9.17, 15) is 0 Å². The van der Waals surface area contributed by atoms with Crippen LogP contribution < -0.4 is 5.73 Å². The van der Waals surface area contributed by atoms with Crippen LogP contribution in [0.1, 0.15) is 56.4 Å². The van der Waals surface area contributed by atoms with Gasteiger partial charge in [-0.05, 0) is 30.7 Å². The predicted molar refractivity (Wildman–Crippen MR) is 75.5 cm³/mol. The molecule has 1 aliphatic carbocycles. The summed E-state index contributed by atoms with van der Waals surface area (Å²) < 4.78 is 0. The fraction of sp³-hybridized carbons (Fsp3) is 0.643. The van der Waals surface area contributed by atoms with Crippen LogP contribution in [0.15, 0.2) is 22.5 Å². The van der Waals surface area contributed by atoms with Crippen molar-refractivity contribution in [2.75, 3.05) is 0 Å². The third-order valence-corrected chi connectivity index (χ3v) is 4.56. The number of rotatable bonds is 4. The molecule has 0 spiro atoms. The van der Waals surface area contributed by atoms with Gasteiger partial charge in [-0.25, -0.2) is 0 Å². The van der Waals surface area contributed by atoms with Gasteiger partial charge in [-0.15, -0.1) is 11.3 Å². The number of hydrogen-bond donors (Lipinski definition) is 1. The van der Waals surface area contributed by atoms with Gasteiger partial charge in [0.2, 0.25) is 0 Å². The summed E-state index contributed by atoms with van der Waals surface area (Å²) in [6.07, 6.45) is 7.50. The summed E-state index contributed by atoms with van der Waals surface area (Å²) >= 11 is 1.78. The van der Waals surface area contributed by atoms with E-state index in [1.807, 2.05) is 0 Å². The minimum absolute atomic E-state index is 0.275. The van der Waals surface area contributed by atoms with E-state index >= 15 is 0 Å². The highest BCUT2D eigenvalue weighted by Gasteiger charge is 2.18. The third kappa shape index (κ3) is 3.32. The summed E-state index contributed by atoms with van der Waals surface area (Å²) in [4.78, 5) is 6.11. The summed E-state index contributed by atoms with van der Waals surface area (Å²) in [6, 6.07) is 4.53. The van der Waals surface area contributed by atoms with Crippen molar-refractivity contribution in [3.8, 4) is 0 Å². The smallest absolute Gasteiger partial charge is 0.0976 e. The molecule has 3 heteroatoms. The molecule has 1 aliphatic rings. The Morgan fingerprint density at radius 3 is 2.82 bits per heavy atom. The lowest BCUT2D eigenvalue weighted by molar-refractivity contribution is 0.435. The molecule has 0 aliphatic heterocycles. The van der Waals surface area contributed by atoms with E-state index in [0.717, 1.165) is 12.3 Å². The molecule has 2 rings (SSSR count). The lowest BCUT2D eigenvalue weighted by atomic mass is 9.88. The second-order valence-corrected chi connectivity index (χ2v) is 5.81. The summed E-state index contributed by atoms with van der Waals surface area (Å²) in [7, 11) is 0. The van der Waals surface area contributed by atoms with Gasteiger partial charge in [-0.3, -0.25) is 4.99 Å². The molecule has 0 bridgehead atoms. The fourth-order valence-corrected chi connectivity index (χ4v) is 3.37. The highest BCUT2D eigenvalue weighted by molar-refractivity contribution is 7.10. The average molecular weight is 250 g/mol. The largest absolute Gasteiger partial charge is 0.387 e. The van der Waals surface area contributed by atoms with Crippen molar-refractivity contribution in [2.45, 2.75) is 51.5 Å². The zero-order valence-corrected chi connectivity index (χ0v) is 11.4. The molecule has 2 nitrogen and oxygen atoms in total. The molecule has 94 valence electrons. The second-order valence-electron chi connectivity index (χ2n) is 4.83. The van der Waals surface area contributed by atoms with Gasteiger partial charge in [-0.2, -0.15) is 0 Å². The van der Waals surface area contributed by atoms with Gasteiger partial charge < -0.3 is 5.73 Å². The molecule has 0 aromatic carbocycles. The number of amidine groups is 1. The van der Waals surface area contributed by atoms with Crippen molar-refractivity contribution in [2.24, 2.45) is 16.6 Å². The van der Waals surface area contributed by atoms with Crippen molar-refractivity contribution in [3.05, 3.63) is 22.4 Å². The topological polar surface area (TPSA) is 38.4 Å². The minimum Gasteiger partial charge on any atom is -0.387 e. The molecular formula is C14H22N2S. The Labute approximate surface area is 108 Å². The van der Waals surface area contributed by atoms with Gasteiger partial charge >= 0.3 is 0 Å². The van der Waals surface area contributed by atoms with Crippen molar-refractivity contribution >= 4 is 17.2 Å². The van der Waals surface area contributed by atoms with Crippen LogP contribution in [0.3, 0.4) is 0 Å². The van der Waals surface area contributed by atoms with E-state index in [1.165, 1.54) is 37.0 Å². The molecule has 0 radical (unpaired) electrons. The van der Waals surface area contributed by atoms with Crippen molar-refractivity contribution in [1.82, 2.24) is 0 Å². The van der Waals surface area contributed by atoms with Crippen LogP contribution >= 0.6 is 11.3 Å². The first-order valence-corrected chi connectivity index (χ1v) is 7.55. The third-order valence-electron chi connectivity index (χ3n) is 3.59. The Morgan fingerprint density at radius 2 is 2.24 bits per heavy atom. The Balaban J connectivity index is 2.05. The highest BCUT2D eigenvalue weighted by atomic mass is 32.1.